The van der Waals surface area contributed by atoms with E-state index >= 15 is 0 Å². The maximum absolute atomic E-state index is 5.87. The summed E-state index contributed by atoms with van der Waals surface area (Å²) in [5, 5.41) is 0.654. The van der Waals surface area contributed by atoms with Crippen molar-refractivity contribution < 1.29 is 4.74 Å². The first-order chi connectivity index (χ1) is 9.81. The quantitative estimate of drug-likeness (QED) is 0.666. The van der Waals surface area contributed by atoms with Gasteiger partial charge in [0, 0.05) is 10.4 Å². The van der Waals surface area contributed by atoms with Gasteiger partial charge >= 0.3 is 0 Å². The third kappa shape index (κ3) is 3.62. The van der Waals surface area contributed by atoms with Gasteiger partial charge in [-0.3, -0.25) is 0 Å². The number of rotatable bonds is 3. The van der Waals surface area contributed by atoms with E-state index in [4.69, 9.17) is 22.2 Å². The predicted molar refractivity (Wildman–Crippen MR) is 84.8 cm³/mol. The SMILES string of the molecule is Cc1c(NN)nc(C(C)(C)C)nc1Oc1ccc(Cl)cc1. The minimum atomic E-state index is -0.211. The van der Waals surface area contributed by atoms with Crippen LogP contribution < -0.4 is 16.0 Å². The van der Waals surface area contributed by atoms with E-state index in [1.165, 1.54) is 0 Å². The normalized spacial score (nSPS) is 11.3. The molecule has 0 aliphatic carbocycles. The zero-order valence-electron chi connectivity index (χ0n) is 12.6. The van der Waals surface area contributed by atoms with Crippen LogP contribution in [0.3, 0.4) is 0 Å². The van der Waals surface area contributed by atoms with E-state index < -0.39 is 0 Å². The molecule has 0 fully saturated rings. The van der Waals surface area contributed by atoms with Crippen LogP contribution in [-0.2, 0) is 5.41 Å². The van der Waals surface area contributed by atoms with Gasteiger partial charge in [0.05, 0.1) is 5.56 Å². The zero-order chi connectivity index (χ0) is 15.6. The lowest BCUT2D eigenvalue weighted by atomic mass is 9.95. The zero-order valence-corrected chi connectivity index (χ0v) is 13.3. The molecule has 1 aromatic heterocycles. The van der Waals surface area contributed by atoms with E-state index in [0.717, 1.165) is 5.56 Å². The molecule has 0 radical (unpaired) electrons. The molecule has 0 amide bonds. The number of hydrogen-bond donors (Lipinski definition) is 2. The lowest BCUT2D eigenvalue weighted by Crippen LogP contribution is -2.20. The van der Waals surface area contributed by atoms with Crippen LogP contribution >= 0.6 is 11.6 Å². The molecule has 0 spiro atoms. The van der Waals surface area contributed by atoms with Crippen molar-refractivity contribution in [3.63, 3.8) is 0 Å². The second kappa shape index (κ2) is 5.87. The molecule has 0 saturated heterocycles. The van der Waals surface area contributed by atoms with E-state index in [9.17, 15) is 0 Å². The van der Waals surface area contributed by atoms with Gasteiger partial charge in [0.15, 0.2) is 5.82 Å². The first kappa shape index (κ1) is 15.5. The molecule has 3 N–H and O–H groups in total. The summed E-state index contributed by atoms with van der Waals surface area (Å²) in [5.41, 5.74) is 3.13. The molecule has 6 heteroatoms. The van der Waals surface area contributed by atoms with E-state index in [2.05, 4.69) is 15.4 Å². The summed E-state index contributed by atoms with van der Waals surface area (Å²) >= 11 is 5.87. The van der Waals surface area contributed by atoms with Gasteiger partial charge in [-0.1, -0.05) is 32.4 Å². The number of halogens is 1. The second-order valence-corrected chi connectivity index (χ2v) is 6.21. The largest absolute Gasteiger partial charge is 0.439 e. The topological polar surface area (TPSA) is 73.1 Å². The molecular formula is C15H19ClN4O. The van der Waals surface area contributed by atoms with Crippen LogP contribution in [0.25, 0.3) is 0 Å². The Morgan fingerprint density at radius 3 is 2.29 bits per heavy atom. The first-order valence-corrected chi connectivity index (χ1v) is 6.98. The molecule has 0 saturated carbocycles. The monoisotopic (exact) mass is 306 g/mol. The van der Waals surface area contributed by atoms with Gasteiger partial charge in [-0.15, -0.1) is 0 Å². The van der Waals surface area contributed by atoms with Crippen LogP contribution in [-0.4, -0.2) is 9.97 Å². The van der Waals surface area contributed by atoms with Gasteiger partial charge in [0.25, 0.3) is 0 Å². The molecule has 5 nitrogen and oxygen atoms in total. The number of hydrazine groups is 1. The molecule has 0 unspecified atom stereocenters. The molecule has 2 rings (SSSR count). The van der Waals surface area contributed by atoms with E-state index in [1.807, 2.05) is 27.7 Å². The van der Waals surface area contributed by atoms with E-state index in [-0.39, 0.29) is 5.41 Å². The number of nitrogen functional groups attached to an aromatic ring is 1. The highest BCUT2D eigenvalue weighted by atomic mass is 35.5. The summed E-state index contributed by atoms with van der Waals surface area (Å²) in [6.07, 6.45) is 0. The molecule has 0 atom stereocenters. The van der Waals surface area contributed by atoms with Crippen LogP contribution in [0.15, 0.2) is 24.3 Å². The number of hydrogen-bond acceptors (Lipinski definition) is 5. The van der Waals surface area contributed by atoms with Crippen LogP contribution in [0.4, 0.5) is 5.82 Å². The smallest absolute Gasteiger partial charge is 0.227 e. The number of benzene rings is 1. The van der Waals surface area contributed by atoms with Crippen LogP contribution in [0.1, 0.15) is 32.2 Å². The van der Waals surface area contributed by atoms with Crippen molar-refractivity contribution in [2.75, 3.05) is 5.43 Å². The highest BCUT2D eigenvalue weighted by Crippen LogP contribution is 2.30. The average molecular weight is 307 g/mol. The fraction of sp³-hybridized carbons (Fsp3) is 0.333. The highest BCUT2D eigenvalue weighted by Gasteiger charge is 2.21. The van der Waals surface area contributed by atoms with E-state index in [1.54, 1.807) is 24.3 Å². The van der Waals surface area contributed by atoms with Crippen molar-refractivity contribution in [2.24, 2.45) is 5.84 Å². The minimum absolute atomic E-state index is 0.211. The molecule has 1 aromatic carbocycles. The average Bonchev–Trinajstić information content (AvgIpc) is 2.42. The van der Waals surface area contributed by atoms with Gasteiger partial charge in [-0.05, 0) is 31.2 Å². The summed E-state index contributed by atoms with van der Waals surface area (Å²) in [5.74, 6) is 7.88. The van der Waals surface area contributed by atoms with Gasteiger partial charge in [0.2, 0.25) is 5.88 Å². The Hall–Kier alpha value is -1.85. The molecule has 0 aliphatic rings. The fourth-order valence-electron chi connectivity index (χ4n) is 1.69. The Balaban J connectivity index is 2.44. The van der Waals surface area contributed by atoms with Crippen molar-refractivity contribution in [1.82, 2.24) is 9.97 Å². The molecule has 0 aliphatic heterocycles. The summed E-state index contributed by atoms with van der Waals surface area (Å²) in [6.45, 7) is 7.95. The number of aromatic nitrogens is 2. The van der Waals surface area contributed by atoms with Crippen LogP contribution in [0.5, 0.6) is 11.6 Å². The standard InChI is InChI=1S/C15H19ClN4O/c1-9-12(20-17)18-14(15(2,3)4)19-13(9)21-11-7-5-10(16)6-8-11/h5-8H,17H2,1-4H3,(H,18,19,20). The lowest BCUT2D eigenvalue weighted by molar-refractivity contribution is 0.442. The highest BCUT2D eigenvalue weighted by molar-refractivity contribution is 6.30. The van der Waals surface area contributed by atoms with Crippen molar-refractivity contribution >= 4 is 17.4 Å². The van der Waals surface area contributed by atoms with Crippen LogP contribution in [0, 0.1) is 6.92 Å². The summed E-state index contributed by atoms with van der Waals surface area (Å²) < 4.78 is 5.84. The Morgan fingerprint density at radius 1 is 1.14 bits per heavy atom. The van der Waals surface area contributed by atoms with Gasteiger partial charge in [-0.2, -0.15) is 4.98 Å². The van der Waals surface area contributed by atoms with Crippen molar-refractivity contribution in [3.05, 3.63) is 40.7 Å². The molecular weight excluding hydrogens is 288 g/mol. The first-order valence-electron chi connectivity index (χ1n) is 6.60. The van der Waals surface area contributed by atoms with Gasteiger partial charge in [0.1, 0.15) is 11.6 Å². The van der Waals surface area contributed by atoms with Crippen molar-refractivity contribution in [2.45, 2.75) is 33.1 Å². The number of anilines is 1. The lowest BCUT2D eigenvalue weighted by Gasteiger charge is -2.20. The Morgan fingerprint density at radius 2 is 1.76 bits per heavy atom. The number of nitrogens with two attached hydrogens (primary N) is 1. The fourth-order valence-corrected chi connectivity index (χ4v) is 1.81. The molecule has 112 valence electrons. The second-order valence-electron chi connectivity index (χ2n) is 5.78. The maximum Gasteiger partial charge on any atom is 0.227 e. The number of nitrogens with one attached hydrogen (secondary N) is 1. The third-order valence-corrected chi connectivity index (χ3v) is 3.19. The third-order valence-electron chi connectivity index (χ3n) is 2.94. The molecule has 0 bridgehead atoms. The summed E-state index contributed by atoms with van der Waals surface area (Å²) in [6, 6.07) is 7.10. The summed E-state index contributed by atoms with van der Waals surface area (Å²) in [4.78, 5) is 8.94. The van der Waals surface area contributed by atoms with Crippen LogP contribution in [0.2, 0.25) is 5.02 Å². The molecule has 2 aromatic rings. The van der Waals surface area contributed by atoms with E-state index in [0.29, 0.717) is 28.3 Å². The Kier molecular flexibility index (Phi) is 4.34. The predicted octanol–water partition coefficient (Wildman–Crippen LogP) is 3.81. The number of ether oxygens (including phenoxy) is 1. The minimum Gasteiger partial charge on any atom is -0.439 e. The summed E-state index contributed by atoms with van der Waals surface area (Å²) in [7, 11) is 0. The molecule has 21 heavy (non-hydrogen) atoms. The maximum atomic E-state index is 5.87. The molecule has 1 heterocycles. The van der Waals surface area contributed by atoms with Gasteiger partial charge in [-0.25, -0.2) is 10.8 Å². The Bertz CT molecular complexity index is 635. The number of nitrogens with zero attached hydrogens (tertiary/aromatic N) is 2. The van der Waals surface area contributed by atoms with Gasteiger partial charge < -0.3 is 10.2 Å². The Labute approximate surface area is 129 Å². The van der Waals surface area contributed by atoms with Crippen molar-refractivity contribution in [3.8, 4) is 11.6 Å². The van der Waals surface area contributed by atoms with Crippen molar-refractivity contribution in [1.29, 1.82) is 0 Å².